The van der Waals surface area contributed by atoms with Crippen LogP contribution in [0.3, 0.4) is 0 Å². The summed E-state index contributed by atoms with van der Waals surface area (Å²) in [5, 5.41) is 13.8. The fourth-order valence-corrected chi connectivity index (χ4v) is 7.33. The minimum atomic E-state index is -0.531. The largest absolute Gasteiger partial charge is 0.392 e. The molecular weight excluding hydrogens is 571 g/mol. The third kappa shape index (κ3) is 5.15. The predicted molar refractivity (Wildman–Crippen MR) is 172 cm³/mol. The number of aliphatic hydroxyl groups is 1. The van der Waals surface area contributed by atoms with Crippen LogP contribution in [0.1, 0.15) is 59.3 Å². The van der Waals surface area contributed by atoms with Crippen LogP contribution in [0.2, 0.25) is 0 Å². The maximum absolute atomic E-state index is 15.3. The number of fused-ring (bicyclic) bond motifs is 4. The van der Waals surface area contributed by atoms with Crippen molar-refractivity contribution in [3.05, 3.63) is 92.5 Å². The van der Waals surface area contributed by atoms with Crippen molar-refractivity contribution in [1.82, 2.24) is 19.0 Å². The second-order valence-corrected chi connectivity index (χ2v) is 13.3. The van der Waals surface area contributed by atoms with Crippen LogP contribution in [0.4, 0.5) is 21.6 Å². The van der Waals surface area contributed by atoms with Gasteiger partial charge < -0.3 is 24.5 Å². The number of carbonyl (C=O) groups is 1. The lowest BCUT2D eigenvalue weighted by Gasteiger charge is -2.32. The molecule has 3 aromatic heterocycles. The number of likely N-dealkylation sites (N-methyl/N-ethyl adjacent to an activating group) is 1. The molecule has 3 aliphatic rings. The van der Waals surface area contributed by atoms with Crippen molar-refractivity contribution in [2.45, 2.75) is 59.7 Å². The van der Waals surface area contributed by atoms with Crippen molar-refractivity contribution in [2.75, 3.05) is 29.9 Å². The molecule has 0 fully saturated rings. The molecule has 0 saturated heterocycles. The van der Waals surface area contributed by atoms with Crippen LogP contribution in [0.25, 0.3) is 11.1 Å². The summed E-state index contributed by atoms with van der Waals surface area (Å²) in [5.74, 6) is -0.174. The molecule has 2 N–H and O–H groups in total. The molecule has 1 aliphatic carbocycles. The van der Waals surface area contributed by atoms with Crippen LogP contribution < -0.4 is 15.8 Å². The molecule has 234 valence electrons. The number of aliphatic hydroxyl groups excluding tert-OH is 1. The lowest BCUT2D eigenvalue weighted by molar-refractivity contribution is 0.0963. The number of amides is 1. The molecule has 5 heterocycles. The second-order valence-electron chi connectivity index (χ2n) is 13.3. The van der Waals surface area contributed by atoms with E-state index in [1.54, 1.807) is 24.2 Å². The molecule has 45 heavy (non-hydrogen) atoms. The third-order valence-electron chi connectivity index (χ3n) is 9.60. The van der Waals surface area contributed by atoms with E-state index in [1.165, 1.54) is 33.5 Å². The Kier molecular flexibility index (Phi) is 7.17. The maximum atomic E-state index is 15.3. The monoisotopic (exact) mass is 610 g/mol. The molecule has 1 aromatic carbocycles. The summed E-state index contributed by atoms with van der Waals surface area (Å²) in [6.07, 6.45) is 4.30. The van der Waals surface area contributed by atoms with E-state index in [9.17, 15) is 14.7 Å². The van der Waals surface area contributed by atoms with Crippen LogP contribution >= 0.6 is 0 Å². The van der Waals surface area contributed by atoms with Gasteiger partial charge in [0.05, 0.1) is 12.3 Å². The topological polar surface area (TPSA) is 95.6 Å². The van der Waals surface area contributed by atoms with Gasteiger partial charge in [-0.25, -0.2) is 9.37 Å². The van der Waals surface area contributed by atoms with Crippen molar-refractivity contribution in [3.8, 4) is 11.1 Å². The third-order valence-corrected chi connectivity index (χ3v) is 9.60. The van der Waals surface area contributed by atoms with Crippen molar-refractivity contribution in [1.29, 1.82) is 0 Å². The molecule has 0 saturated carbocycles. The predicted octanol–water partition coefficient (Wildman–Crippen LogP) is 4.79. The van der Waals surface area contributed by atoms with Gasteiger partial charge in [0.15, 0.2) is 0 Å². The lowest BCUT2D eigenvalue weighted by Crippen LogP contribution is -2.41. The zero-order valence-electron chi connectivity index (χ0n) is 26.3. The first-order chi connectivity index (χ1) is 21.5. The average molecular weight is 611 g/mol. The summed E-state index contributed by atoms with van der Waals surface area (Å²) in [5.41, 5.74) is 7.13. The van der Waals surface area contributed by atoms with Gasteiger partial charge in [-0.1, -0.05) is 26.8 Å². The summed E-state index contributed by atoms with van der Waals surface area (Å²) in [6.45, 7) is 9.96. The van der Waals surface area contributed by atoms with E-state index < -0.39 is 12.4 Å². The van der Waals surface area contributed by atoms with Crippen molar-refractivity contribution < 1.29 is 14.3 Å². The molecule has 10 heteroatoms. The number of nitrogens with one attached hydrogen (secondary N) is 1. The highest BCUT2D eigenvalue weighted by Gasteiger charge is 2.37. The lowest BCUT2D eigenvalue weighted by atomic mass is 9.90. The normalized spacial score (nSPS) is 17.3. The average Bonchev–Trinajstić information content (AvgIpc) is 3.51. The van der Waals surface area contributed by atoms with E-state index in [4.69, 9.17) is 4.98 Å². The number of halogens is 1. The van der Waals surface area contributed by atoms with E-state index in [-0.39, 0.29) is 22.6 Å². The Labute approximate surface area is 261 Å². The van der Waals surface area contributed by atoms with Crippen LogP contribution in [-0.4, -0.2) is 49.7 Å². The Morgan fingerprint density at radius 1 is 1.04 bits per heavy atom. The molecule has 4 aromatic rings. The molecule has 9 nitrogen and oxygen atoms in total. The quantitative estimate of drug-likeness (QED) is 0.326. The molecule has 0 atom stereocenters. The van der Waals surface area contributed by atoms with Gasteiger partial charge in [0.2, 0.25) is 0 Å². The zero-order chi connectivity index (χ0) is 31.6. The van der Waals surface area contributed by atoms with Crippen molar-refractivity contribution >= 4 is 23.1 Å². The first kappa shape index (κ1) is 29.4. The number of hydrogen-bond acceptors (Lipinski definition) is 6. The highest BCUT2D eigenvalue weighted by atomic mass is 19.1. The van der Waals surface area contributed by atoms with Gasteiger partial charge in [-0.05, 0) is 71.8 Å². The smallest absolute Gasteiger partial charge is 0.274 e. The molecule has 0 bridgehead atoms. The van der Waals surface area contributed by atoms with Gasteiger partial charge in [-0.3, -0.25) is 14.5 Å². The number of benzene rings is 1. The number of pyridine rings is 2. The van der Waals surface area contributed by atoms with Crippen LogP contribution in [0, 0.1) is 11.2 Å². The van der Waals surface area contributed by atoms with Gasteiger partial charge >= 0.3 is 0 Å². The van der Waals surface area contributed by atoms with E-state index >= 15 is 4.39 Å². The number of carbonyl (C=O) groups excluding carboxylic acids is 1. The summed E-state index contributed by atoms with van der Waals surface area (Å²) < 4.78 is 18.9. The number of aryl methyl sites for hydroxylation is 1. The van der Waals surface area contributed by atoms with E-state index in [0.717, 1.165) is 44.6 Å². The van der Waals surface area contributed by atoms with Crippen LogP contribution in [-0.2, 0) is 46.0 Å². The zero-order valence-corrected chi connectivity index (χ0v) is 26.3. The Balaban J connectivity index is 1.23. The van der Waals surface area contributed by atoms with Gasteiger partial charge in [-0.2, -0.15) is 0 Å². The fourth-order valence-electron chi connectivity index (χ4n) is 7.33. The maximum Gasteiger partial charge on any atom is 0.274 e. The molecule has 0 unspecified atom stereocenters. The van der Waals surface area contributed by atoms with Gasteiger partial charge in [0, 0.05) is 68.4 Å². The second kappa shape index (κ2) is 11.0. The summed E-state index contributed by atoms with van der Waals surface area (Å²) in [7, 11) is 1.64. The first-order valence-electron chi connectivity index (χ1n) is 15.7. The van der Waals surface area contributed by atoms with Gasteiger partial charge in [0.25, 0.3) is 11.5 Å². The first-order valence-corrected chi connectivity index (χ1v) is 15.7. The number of aromatic nitrogens is 3. The molecule has 7 rings (SSSR count). The molecule has 0 spiro atoms. The fraction of sp³-hybridized carbons (Fsp3) is 0.400. The minimum Gasteiger partial charge on any atom is -0.392 e. The van der Waals surface area contributed by atoms with E-state index in [1.807, 2.05) is 18.2 Å². The summed E-state index contributed by atoms with van der Waals surface area (Å²) >= 11 is 0. The Bertz CT molecular complexity index is 1910. The highest BCUT2D eigenvalue weighted by molar-refractivity contribution is 6.07. The van der Waals surface area contributed by atoms with Crippen molar-refractivity contribution in [2.24, 2.45) is 12.5 Å². The molecule has 0 radical (unpaired) electrons. The SMILES string of the molecule is CCN1CCc2nc(Nc3cc(-c4cc(F)cc(N5CCn6c(cc7c6CC(C)(C)C7)C5=O)c4CO)cn(C)c3=O)ccc2C1. The Morgan fingerprint density at radius 2 is 1.87 bits per heavy atom. The van der Waals surface area contributed by atoms with Gasteiger partial charge in [-0.15, -0.1) is 0 Å². The Morgan fingerprint density at radius 3 is 2.64 bits per heavy atom. The van der Waals surface area contributed by atoms with Crippen LogP contribution in [0.15, 0.2) is 47.4 Å². The van der Waals surface area contributed by atoms with E-state index in [0.29, 0.717) is 47.0 Å². The molecule has 1 amide bonds. The van der Waals surface area contributed by atoms with E-state index in [2.05, 4.69) is 35.6 Å². The number of nitrogens with zero attached hydrogens (tertiary/aromatic N) is 5. The summed E-state index contributed by atoms with van der Waals surface area (Å²) in [4.78, 5) is 35.8. The van der Waals surface area contributed by atoms with Crippen molar-refractivity contribution in [3.63, 3.8) is 0 Å². The number of rotatable bonds is 6. The van der Waals surface area contributed by atoms with Gasteiger partial charge in [0.1, 0.15) is 23.0 Å². The highest BCUT2D eigenvalue weighted by Crippen LogP contribution is 2.41. The molecular formula is C35H39FN6O3. The standard InChI is InChI=1S/C35H39FN6O3/c1-5-40-9-8-27-21(19-40)6-7-32(37-27)38-28-12-23(18-39(4)33(28)44)25-14-24(36)15-29(26(25)20-43)42-11-10-41-30(34(42)45)13-22-16-35(2,3)17-31(22)41/h6-7,12-15,18,43H,5,8-11,16-17,19-20H2,1-4H3,(H,37,38). The number of hydrogen-bond donors (Lipinski definition) is 2. The summed E-state index contributed by atoms with van der Waals surface area (Å²) in [6, 6.07) is 10.2. The minimum absolute atomic E-state index is 0.171. The Hall–Kier alpha value is -4.28. The number of anilines is 3. The van der Waals surface area contributed by atoms with Crippen LogP contribution in [0.5, 0.6) is 0 Å². The molecule has 2 aliphatic heterocycles.